The van der Waals surface area contributed by atoms with E-state index in [-0.39, 0.29) is 35.0 Å². The first-order valence-corrected chi connectivity index (χ1v) is 7.88. The summed E-state index contributed by atoms with van der Waals surface area (Å²) in [6, 6.07) is 5.99. The average molecular weight is 321 g/mol. The van der Waals surface area contributed by atoms with E-state index >= 15 is 0 Å². The summed E-state index contributed by atoms with van der Waals surface area (Å²) in [4.78, 5) is 12.0. The normalized spacial score (nSPS) is 12.3. The molecule has 1 amide bonds. The average Bonchev–Trinajstić information content (AvgIpc) is 2.38. The second kappa shape index (κ2) is 8.24. The summed E-state index contributed by atoms with van der Waals surface area (Å²) in [7, 11) is -3.22. The van der Waals surface area contributed by atoms with Crippen LogP contribution in [0, 0.1) is 0 Å². The van der Waals surface area contributed by atoms with Crippen LogP contribution in [0.5, 0.6) is 0 Å². The van der Waals surface area contributed by atoms with Gasteiger partial charge in [-0.05, 0) is 37.6 Å². The van der Waals surface area contributed by atoms with Gasteiger partial charge in [0, 0.05) is 18.2 Å². The number of carbonyl (C=O) groups excluding carboxylic acids is 1. The van der Waals surface area contributed by atoms with Gasteiger partial charge in [0.25, 0.3) is 5.91 Å². The summed E-state index contributed by atoms with van der Waals surface area (Å²) in [6.07, 6.45) is 0.702. The Bertz CT molecular complexity index is 527. The topological polar surface area (TPSA) is 89.3 Å². The lowest BCUT2D eigenvalue weighted by Gasteiger charge is -2.08. The molecule has 0 heterocycles. The molecule has 1 atom stereocenters. The predicted octanol–water partition coefficient (Wildman–Crippen LogP) is 1.37. The van der Waals surface area contributed by atoms with Crippen LogP contribution >= 0.6 is 12.4 Å². The summed E-state index contributed by atoms with van der Waals surface area (Å²) < 4.78 is 23.2. The maximum absolute atomic E-state index is 11.8. The molecule has 1 aromatic carbocycles. The lowest BCUT2D eigenvalue weighted by Crippen LogP contribution is -2.28. The molecular weight excluding hydrogens is 300 g/mol. The molecule has 20 heavy (non-hydrogen) atoms. The molecule has 0 aliphatic carbocycles. The Morgan fingerprint density at radius 2 is 1.85 bits per heavy atom. The number of carbonyl (C=O) groups is 1. The van der Waals surface area contributed by atoms with Crippen molar-refractivity contribution in [1.82, 2.24) is 5.32 Å². The van der Waals surface area contributed by atoms with E-state index in [9.17, 15) is 13.2 Å². The number of benzene rings is 1. The quantitative estimate of drug-likeness (QED) is 0.828. The number of nitrogens with two attached hydrogens (primary N) is 1. The maximum Gasteiger partial charge on any atom is 0.251 e. The highest BCUT2D eigenvalue weighted by Gasteiger charge is 2.12. The fraction of sp³-hybridized carbons (Fsp3) is 0.462. The molecule has 3 N–H and O–H groups in total. The standard InChI is InChI=1S/C13H20N2O3S.ClH/c1-3-19(17,18)12-6-4-11(5-7-12)13(16)15-9-8-10(2)14;/h4-7,10H,3,8-9,14H2,1-2H3,(H,15,16);1H. The third-order valence-corrected chi connectivity index (χ3v) is 4.49. The second-order valence-corrected chi connectivity index (χ2v) is 6.73. The molecule has 0 bridgehead atoms. The Balaban J connectivity index is 0.00000361. The van der Waals surface area contributed by atoms with Gasteiger partial charge in [-0.3, -0.25) is 4.79 Å². The maximum atomic E-state index is 11.8. The van der Waals surface area contributed by atoms with E-state index in [0.717, 1.165) is 0 Å². The van der Waals surface area contributed by atoms with Crippen molar-refractivity contribution < 1.29 is 13.2 Å². The van der Waals surface area contributed by atoms with E-state index in [1.807, 2.05) is 6.92 Å². The van der Waals surface area contributed by atoms with Gasteiger partial charge in [-0.15, -0.1) is 12.4 Å². The third-order valence-electron chi connectivity index (χ3n) is 2.74. The number of halogens is 1. The van der Waals surface area contributed by atoms with Crippen LogP contribution in [-0.4, -0.2) is 32.7 Å². The first-order valence-electron chi connectivity index (χ1n) is 6.23. The van der Waals surface area contributed by atoms with Gasteiger partial charge < -0.3 is 11.1 Å². The van der Waals surface area contributed by atoms with E-state index in [2.05, 4.69) is 5.32 Å². The van der Waals surface area contributed by atoms with Crippen molar-refractivity contribution in [2.45, 2.75) is 31.2 Å². The fourth-order valence-corrected chi connectivity index (χ4v) is 2.38. The lowest BCUT2D eigenvalue weighted by molar-refractivity contribution is 0.0952. The Kier molecular flexibility index (Phi) is 7.78. The Morgan fingerprint density at radius 1 is 1.30 bits per heavy atom. The smallest absolute Gasteiger partial charge is 0.251 e. The van der Waals surface area contributed by atoms with Gasteiger partial charge in [-0.25, -0.2) is 8.42 Å². The summed E-state index contributed by atoms with van der Waals surface area (Å²) in [5.41, 5.74) is 6.03. The summed E-state index contributed by atoms with van der Waals surface area (Å²) in [5, 5.41) is 2.73. The fourth-order valence-electron chi connectivity index (χ4n) is 1.50. The zero-order valence-corrected chi connectivity index (χ0v) is 13.3. The van der Waals surface area contributed by atoms with Crippen molar-refractivity contribution in [2.24, 2.45) is 5.73 Å². The number of hydrogen-bond donors (Lipinski definition) is 2. The second-order valence-electron chi connectivity index (χ2n) is 4.45. The van der Waals surface area contributed by atoms with Gasteiger partial charge in [0.2, 0.25) is 0 Å². The Morgan fingerprint density at radius 3 is 2.30 bits per heavy atom. The molecule has 0 radical (unpaired) electrons. The van der Waals surface area contributed by atoms with E-state index in [1.54, 1.807) is 6.92 Å². The first kappa shape index (κ1) is 18.9. The number of hydrogen-bond acceptors (Lipinski definition) is 4. The number of amides is 1. The van der Waals surface area contributed by atoms with Crippen LogP contribution in [0.4, 0.5) is 0 Å². The molecule has 1 aromatic rings. The van der Waals surface area contributed by atoms with Crippen molar-refractivity contribution in [3.63, 3.8) is 0 Å². The zero-order chi connectivity index (χ0) is 14.5. The molecule has 0 fully saturated rings. The highest BCUT2D eigenvalue weighted by molar-refractivity contribution is 7.91. The van der Waals surface area contributed by atoms with E-state index in [0.29, 0.717) is 18.5 Å². The number of sulfone groups is 1. The van der Waals surface area contributed by atoms with Crippen molar-refractivity contribution in [1.29, 1.82) is 0 Å². The minimum Gasteiger partial charge on any atom is -0.352 e. The molecule has 0 aliphatic rings. The number of rotatable bonds is 6. The minimum atomic E-state index is -3.22. The Labute approximate surface area is 126 Å². The minimum absolute atomic E-state index is 0. The van der Waals surface area contributed by atoms with E-state index in [1.165, 1.54) is 24.3 Å². The molecule has 7 heteroatoms. The van der Waals surface area contributed by atoms with Crippen LogP contribution in [-0.2, 0) is 9.84 Å². The van der Waals surface area contributed by atoms with Crippen LogP contribution in [0.2, 0.25) is 0 Å². The van der Waals surface area contributed by atoms with Crippen molar-refractivity contribution >= 4 is 28.2 Å². The van der Waals surface area contributed by atoms with E-state index < -0.39 is 9.84 Å². The van der Waals surface area contributed by atoms with Gasteiger partial charge in [-0.1, -0.05) is 6.92 Å². The molecule has 114 valence electrons. The molecular formula is C13H21ClN2O3S. The van der Waals surface area contributed by atoms with Crippen molar-refractivity contribution in [3.8, 4) is 0 Å². The van der Waals surface area contributed by atoms with Crippen molar-refractivity contribution in [2.75, 3.05) is 12.3 Å². The van der Waals surface area contributed by atoms with E-state index in [4.69, 9.17) is 5.73 Å². The largest absolute Gasteiger partial charge is 0.352 e. The van der Waals surface area contributed by atoms with Gasteiger partial charge in [0.15, 0.2) is 9.84 Å². The molecule has 0 aromatic heterocycles. The van der Waals surface area contributed by atoms with Gasteiger partial charge in [-0.2, -0.15) is 0 Å². The number of nitrogens with one attached hydrogen (secondary N) is 1. The van der Waals surface area contributed by atoms with Crippen LogP contribution in [0.15, 0.2) is 29.2 Å². The van der Waals surface area contributed by atoms with Crippen LogP contribution in [0.3, 0.4) is 0 Å². The molecule has 0 aliphatic heterocycles. The molecule has 5 nitrogen and oxygen atoms in total. The molecule has 1 rings (SSSR count). The summed E-state index contributed by atoms with van der Waals surface area (Å²) in [5.74, 6) is -0.173. The van der Waals surface area contributed by atoms with Crippen LogP contribution in [0.1, 0.15) is 30.6 Å². The summed E-state index contributed by atoms with van der Waals surface area (Å²) in [6.45, 7) is 3.96. The highest BCUT2D eigenvalue weighted by Crippen LogP contribution is 2.12. The zero-order valence-electron chi connectivity index (χ0n) is 11.6. The SMILES string of the molecule is CCS(=O)(=O)c1ccc(C(=O)NCCC(C)N)cc1.Cl. The van der Waals surface area contributed by atoms with Crippen LogP contribution in [0.25, 0.3) is 0 Å². The summed E-state index contributed by atoms with van der Waals surface area (Å²) >= 11 is 0. The van der Waals surface area contributed by atoms with Crippen LogP contribution < -0.4 is 11.1 Å². The first-order chi connectivity index (χ1) is 8.86. The predicted molar refractivity (Wildman–Crippen MR) is 82.0 cm³/mol. The monoisotopic (exact) mass is 320 g/mol. The van der Waals surface area contributed by atoms with Gasteiger partial charge in [0.1, 0.15) is 0 Å². The van der Waals surface area contributed by atoms with Gasteiger partial charge >= 0.3 is 0 Å². The van der Waals surface area contributed by atoms with Crippen molar-refractivity contribution in [3.05, 3.63) is 29.8 Å². The molecule has 0 saturated carbocycles. The molecule has 0 spiro atoms. The third kappa shape index (κ3) is 5.48. The molecule has 1 unspecified atom stereocenters. The highest BCUT2D eigenvalue weighted by atomic mass is 35.5. The lowest BCUT2D eigenvalue weighted by atomic mass is 10.2. The Hall–Kier alpha value is -1.11. The van der Waals surface area contributed by atoms with Gasteiger partial charge in [0.05, 0.1) is 10.6 Å². The molecule has 0 saturated heterocycles.